The lowest BCUT2D eigenvalue weighted by atomic mass is 9.88. The fourth-order valence-corrected chi connectivity index (χ4v) is 12.7. The normalized spacial score (nSPS) is 12.1. The molecule has 0 aliphatic heterocycles. The number of allylic oxidation sites excluding steroid dienone is 1. The average molecular weight is 1020 g/mol. The number of rotatable bonds is 9. The molecule has 2 heteroatoms. The highest BCUT2D eigenvalue weighted by atomic mass is 15.2. The highest BCUT2D eigenvalue weighted by Crippen LogP contribution is 2.46. The lowest BCUT2D eigenvalue weighted by molar-refractivity contribution is 1.30. The summed E-state index contributed by atoms with van der Waals surface area (Å²) in [6.07, 6.45) is 0. The molecule has 15 rings (SSSR count). The van der Waals surface area contributed by atoms with Crippen LogP contribution in [0.5, 0.6) is 0 Å². The van der Waals surface area contributed by atoms with Crippen molar-refractivity contribution in [2.75, 3.05) is 4.90 Å². The maximum atomic E-state index is 5.75. The van der Waals surface area contributed by atoms with E-state index >= 15 is 0 Å². The van der Waals surface area contributed by atoms with E-state index in [4.69, 9.17) is 11.6 Å². The summed E-state index contributed by atoms with van der Waals surface area (Å²) in [6, 6.07) is 104. The van der Waals surface area contributed by atoms with Crippen molar-refractivity contribution in [3.05, 3.63) is 308 Å². The zero-order chi connectivity index (χ0) is 53.3. The zero-order valence-electron chi connectivity index (χ0n) is 44.2. The number of benzene rings is 14. The van der Waals surface area contributed by atoms with Gasteiger partial charge in [-0.15, -0.1) is 0 Å². The second kappa shape index (κ2) is 19.2. The van der Waals surface area contributed by atoms with Gasteiger partial charge in [0.15, 0.2) is 0 Å². The van der Waals surface area contributed by atoms with Crippen LogP contribution in [0, 0.1) is 0 Å². The largest absolute Gasteiger partial charge is 0.310 e. The third-order valence-electron chi connectivity index (χ3n) is 16.6. The van der Waals surface area contributed by atoms with E-state index in [1.807, 2.05) is 0 Å². The molecule has 374 valence electrons. The standard InChI is InChI=1S/C78H52N2/c1-50(52-22-6-3-7-23-52)78(55-26-10-5-11-27-55)80(51(2)53-24-8-4-9-25-53)58-42-38-54(39-43-58)71-48-75-72(56-40-44-68-63-32-14-12-28-59(63)61-30-16-18-34-65(61)73(68)46-56)49-76(79-77(75)70-37-21-20-36-67(70)71)57-41-45-69-64-33-15-13-29-60(64)62-31-17-19-35-66(62)74(69)47-57/h3-49H,2H2,1H3/b78-50+. The second-order valence-electron chi connectivity index (χ2n) is 21.0. The predicted molar refractivity (Wildman–Crippen MR) is 344 cm³/mol. The number of aromatic nitrogens is 1. The van der Waals surface area contributed by atoms with Gasteiger partial charge in [-0.3, -0.25) is 0 Å². The van der Waals surface area contributed by atoms with Gasteiger partial charge in [-0.1, -0.05) is 255 Å². The summed E-state index contributed by atoms with van der Waals surface area (Å²) in [7, 11) is 0. The minimum absolute atomic E-state index is 0.888. The maximum absolute atomic E-state index is 5.75. The van der Waals surface area contributed by atoms with E-state index < -0.39 is 0 Å². The minimum Gasteiger partial charge on any atom is -0.310 e. The van der Waals surface area contributed by atoms with Crippen molar-refractivity contribution in [1.29, 1.82) is 0 Å². The van der Waals surface area contributed by atoms with Gasteiger partial charge < -0.3 is 4.90 Å². The summed E-state index contributed by atoms with van der Waals surface area (Å²) in [5.74, 6) is 0. The molecule has 0 unspecified atom stereocenters. The SMILES string of the molecule is C=C(c1ccccc1)N(/C(=C(\C)c1ccccc1)c1ccccc1)c1ccc(-c2cc3c(-c4ccc5c6ccccc6c6ccccc6c5c4)cc(-c4ccc5c6ccccc6c6ccccc6c5c4)nc3c3ccccc23)cc1. The van der Waals surface area contributed by atoms with Gasteiger partial charge >= 0.3 is 0 Å². The molecule has 14 aromatic carbocycles. The topological polar surface area (TPSA) is 16.1 Å². The van der Waals surface area contributed by atoms with E-state index in [-0.39, 0.29) is 0 Å². The second-order valence-corrected chi connectivity index (χ2v) is 21.0. The van der Waals surface area contributed by atoms with E-state index in [1.165, 1.54) is 64.6 Å². The van der Waals surface area contributed by atoms with Crippen molar-refractivity contribution in [2.24, 2.45) is 0 Å². The van der Waals surface area contributed by atoms with Crippen LogP contribution >= 0.6 is 0 Å². The summed E-state index contributed by atoms with van der Waals surface area (Å²) >= 11 is 0. The molecule has 1 aromatic heterocycles. The van der Waals surface area contributed by atoms with Gasteiger partial charge in [0.05, 0.1) is 16.9 Å². The number of nitrogens with zero attached hydrogens (tertiary/aromatic N) is 2. The van der Waals surface area contributed by atoms with Crippen LogP contribution in [-0.4, -0.2) is 4.98 Å². The van der Waals surface area contributed by atoms with Gasteiger partial charge in [0.25, 0.3) is 0 Å². The fourth-order valence-electron chi connectivity index (χ4n) is 12.7. The van der Waals surface area contributed by atoms with Crippen LogP contribution in [0.25, 0.3) is 137 Å². The first-order valence-electron chi connectivity index (χ1n) is 27.5. The molecular weight excluding hydrogens is 965 g/mol. The Morgan fingerprint density at radius 2 is 0.675 bits per heavy atom. The Kier molecular flexibility index (Phi) is 11.3. The summed E-state index contributed by atoms with van der Waals surface area (Å²) in [6.45, 7) is 7.04. The molecule has 0 aliphatic carbocycles. The van der Waals surface area contributed by atoms with Crippen molar-refractivity contribution in [2.45, 2.75) is 6.92 Å². The lowest BCUT2D eigenvalue weighted by Gasteiger charge is -2.32. The van der Waals surface area contributed by atoms with Crippen LogP contribution in [0.3, 0.4) is 0 Å². The summed E-state index contributed by atoms with van der Waals surface area (Å²) in [5.41, 5.74) is 15.0. The molecule has 0 N–H and O–H groups in total. The Hall–Kier alpha value is -10.4. The molecule has 15 aromatic rings. The Labute approximate surface area is 465 Å². The summed E-state index contributed by atoms with van der Waals surface area (Å²) < 4.78 is 0. The molecular formula is C78H52N2. The highest BCUT2D eigenvalue weighted by molar-refractivity contribution is 6.28. The van der Waals surface area contributed by atoms with Crippen LogP contribution in [0.1, 0.15) is 23.6 Å². The Balaban J connectivity index is 0.962. The quantitative estimate of drug-likeness (QED) is 0.106. The smallest absolute Gasteiger partial charge is 0.0794 e. The molecule has 0 saturated heterocycles. The number of hydrogen-bond acceptors (Lipinski definition) is 2. The van der Waals surface area contributed by atoms with Crippen molar-refractivity contribution in [3.8, 4) is 33.5 Å². The van der Waals surface area contributed by atoms with Crippen LogP contribution in [-0.2, 0) is 0 Å². The Morgan fingerprint density at radius 1 is 0.300 bits per heavy atom. The van der Waals surface area contributed by atoms with E-state index in [1.54, 1.807) is 0 Å². The molecule has 0 fully saturated rings. The molecule has 2 nitrogen and oxygen atoms in total. The third-order valence-corrected chi connectivity index (χ3v) is 16.6. The predicted octanol–water partition coefficient (Wildman–Crippen LogP) is 21.4. The van der Waals surface area contributed by atoms with Crippen LogP contribution in [0.4, 0.5) is 5.69 Å². The Bertz CT molecular complexity index is 4930. The molecule has 0 spiro atoms. The molecule has 80 heavy (non-hydrogen) atoms. The van der Waals surface area contributed by atoms with E-state index in [0.29, 0.717) is 0 Å². The first kappa shape index (κ1) is 46.9. The molecule has 1 heterocycles. The first-order chi connectivity index (χ1) is 39.5. The fraction of sp³-hybridized carbons (Fsp3) is 0.0128. The van der Waals surface area contributed by atoms with Gasteiger partial charge in [0.2, 0.25) is 0 Å². The summed E-state index contributed by atoms with van der Waals surface area (Å²) in [5, 5.41) is 18.3. The van der Waals surface area contributed by atoms with Crippen LogP contribution in [0.2, 0.25) is 0 Å². The van der Waals surface area contributed by atoms with E-state index in [9.17, 15) is 0 Å². The molecule has 0 radical (unpaired) electrons. The third kappa shape index (κ3) is 7.75. The average Bonchev–Trinajstić information content (AvgIpc) is 3.59. The molecule has 0 atom stereocenters. The van der Waals surface area contributed by atoms with E-state index in [2.05, 4.69) is 297 Å². The van der Waals surface area contributed by atoms with E-state index in [0.717, 1.165) is 94.5 Å². The number of hydrogen-bond donors (Lipinski definition) is 0. The monoisotopic (exact) mass is 1020 g/mol. The van der Waals surface area contributed by atoms with Gasteiger partial charge in [-0.2, -0.15) is 0 Å². The van der Waals surface area contributed by atoms with Crippen molar-refractivity contribution < 1.29 is 0 Å². The van der Waals surface area contributed by atoms with Gasteiger partial charge in [-0.05, 0) is 158 Å². The maximum Gasteiger partial charge on any atom is 0.0794 e. The van der Waals surface area contributed by atoms with Crippen molar-refractivity contribution in [1.82, 2.24) is 4.98 Å². The molecule has 0 amide bonds. The number of anilines is 1. The molecule has 0 aliphatic rings. The van der Waals surface area contributed by atoms with Gasteiger partial charge in [-0.25, -0.2) is 4.98 Å². The molecule has 0 bridgehead atoms. The zero-order valence-corrected chi connectivity index (χ0v) is 44.2. The summed E-state index contributed by atoms with van der Waals surface area (Å²) in [4.78, 5) is 8.09. The Morgan fingerprint density at radius 3 is 1.19 bits per heavy atom. The lowest BCUT2D eigenvalue weighted by Crippen LogP contribution is -2.20. The van der Waals surface area contributed by atoms with Gasteiger partial charge in [0.1, 0.15) is 0 Å². The van der Waals surface area contributed by atoms with Crippen molar-refractivity contribution >= 4 is 109 Å². The van der Waals surface area contributed by atoms with Crippen molar-refractivity contribution in [3.63, 3.8) is 0 Å². The first-order valence-corrected chi connectivity index (χ1v) is 27.5. The van der Waals surface area contributed by atoms with Crippen LogP contribution < -0.4 is 4.90 Å². The highest BCUT2D eigenvalue weighted by Gasteiger charge is 2.24. The number of pyridine rings is 1. The molecule has 0 saturated carbocycles. The minimum atomic E-state index is 0.888. The number of fused-ring (bicyclic) bond motifs is 15. The van der Waals surface area contributed by atoms with Crippen LogP contribution in [0.15, 0.2) is 292 Å². The van der Waals surface area contributed by atoms with Gasteiger partial charge in [0, 0.05) is 27.7 Å².